The van der Waals surface area contributed by atoms with E-state index in [2.05, 4.69) is 10.6 Å². The first-order valence-corrected chi connectivity index (χ1v) is 10.5. The maximum atomic E-state index is 13.2. The zero-order chi connectivity index (χ0) is 22.4. The van der Waals surface area contributed by atoms with E-state index in [-0.39, 0.29) is 18.5 Å². The Morgan fingerprint density at radius 1 is 1.13 bits per heavy atom. The van der Waals surface area contributed by atoms with Crippen molar-refractivity contribution < 1.29 is 19.1 Å². The van der Waals surface area contributed by atoms with E-state index in [0.717, 1.165) is 17.7 Å². The molecule has 1 aliphatic rings. The summed E-state index contributed by atoms with van der Waals surface area (Å²) in [4.78, 5) is 39.3. The highest BCUT2D eigenvalue weighted by atomic mass is 16.5. The average molecular weight is 424 g/mol. The van der Waals surface area contributed by atoms with Crippen molar-refractivity contribution in [3.8, 4) is 5.75 Å². The van der Waals surface area contributed by atoms with Crippen molar-refractivity contribution in [2.24, 2.45) is 0 Å². The molecule has 2 atom stereocenters. The molecule has 3 rings (SSSR count). The number of amides is 4. The van der Waals surface area contributed by atoms with Gasteiger partial charge in [0.05, 0.1) is 7.11 Å². The average Bonchev–Trinajstić information content (AvgIpc) is 3.03. The molecule has 31 heavy (non-hydrogen) atoms. The van der Waals surface area contributed by atoms with Gasteiger partial charge in [-0.3, -0.25) is 14.5 Å². The minimum absolute atomic E-state index is 0.0778. The molecule has 4 amide bonds. The lowest BCUT2D eigenvalue weighted by Gasteiger charge is -2.26. The number of rotatable bonds is 9. The van der Waals surface area contributed by atoms with E-state index >= 15 is 0 Å². The lowest BCUT2D eigenvalue weighted by atomic mass is 9.87. The zero-order valence-electron chi connectivity index (χ0n) is 18.2. The molecule has 0 saturated carbocycles. The largest absolute Gasteiger partial charge is 0.497 e. The van der Waals surface area contributed by atoms with Gasteiger partial charge >= 0.3 is 6.03 Å². The van der Waals surface area contributed by atoms with Gasteiger partial charge in [0.1, 0.15) is 17.8 Å². The fourth-order valence-corrected chi connectivity index (χ4v) is 3.85. The standard InChI is InChI=1S/C24H29N3O4/c1-4-24(19-12-14-20(31-3)15-13-19)22(29)27(23(30)26-24)16-21(28)25-17(2)10-11-18-8-6-5-7-9-18/h5-9,12-15,17H,4,10-11,16H2,1-3H3,(H,25,28)(H,26,30)/t17-,24-/m1/s1. The Kier molecular flexibility index (Phi) is 6.95. The normalized spacial score (nSPS) is 19.1. The van der Waals surface area contributed by atoms with Crippen LogP contribution in [0.1, 0.15) is 37.8 Å². The molecule has 0 aliphatic carbocycles. The van der Waals surface area contributed by atoms with Crippen LogP contribution in [0.15, 0.2) is 54.6 Å². The minimum Gasteiger partial charge on any atom is -0.497 e. The summed E-state index contributed by atoms with van der Waals surface area (Å²) in [5.74, 6) is -0.115. The van der Waals surface area contributed by atoms with Gasteiger partial charge in [0.2, 0.25) is 5.91 Å². The lowest BCUT2D eigenvalue weighted by molar-refractivity contribution is -0.135. The first-order chi connectivity index (χ1) is 14.9. The second-order valence-corrected chi connectivity index (χ2v) is 7.80. The maximum Gasteiger partial charge on any atom is 0.325 e. The summed E-state index contributed by atoms with van der Waals surface area (Å²) in [6, 6.07) is 16.4. The number of methoxy groups -OCH3 is 1. The summed E-state index contributed by atoms with van der Waals surface area (Å²) in [6.07, 6.45) is 1.97. The van der Waals surface area contributed by atoms with Gasteiger partial charge in [0.25, 0.3) is 5.91 Å². The molecule has 7 heteroatoms. The molecule has 164 valence electrons. The van der Waals surface area contributed by atoms with Crippen molar-refractivity contribution in [2.45, 2.75) is 44.7 Å². The maximum absolute atomic E-state index is 13.2. The number of hydrogen-bond acceptors (Lipinski definition) is 4. The van der Waals surface area contributed by atoms with Crippen LogP contribution in [0.2, 0.25) is 0 Å². The van der Waals surface area contributed by atoms with E-state index in [9.17, 15) is 14.4 Å². The van der Waals surface area contributed by atoms with Crippen LogP contribution < -0.4 is 15.4 Å². The van der Waals surface area contributed by atoms with Crippen molar-refractivity contribution in [3.05, 3.63) is 65.7 Å². The summed E-state index contributed by atoms with van der Waals surface area (Å²) in [5.41, 5.74) is 0.681. The van der Waals surface area contributed by atoms with Gasteiger partial charge in [-0.25, -0.2) is 4.79 Å². The van der Waals surface area contributed by atoms with Gasteiger partial charge in [-0.05, 0) is 49.4 Å². The third-order valence-electron chi connectivity index (χ3n) is 5.71. The molecule has 2 N–H and O–H groups in total. The Hall–Kier alpha value is -3.35. The Labute approximate surface area is 182 Å². The van der Waals surface area contributed by atoms with Crippen molar-refractivity contribution in [1.82, 2.24) is 15.5 Å². The second-order valence-electron chi connectivity index (χ2n) is 7.80. The quantitative estimate of drug-likeness (QED) is 0.607. The lowest BCUT2D eigenvalue weighted by Crippen LogP contribution is -2.46. The van der Waals surface area contributed by atoms with Gasteiger partial charge in [-0.15, -0.1) is 0 Å². The highest BCUT2D eigenvalue weighted by Gasteiger charge is 2.51. The molecule has 0 spiro atoms. The van der Waals surface area contributed by atoms with Gasteiger partial charge in [-0.1, -0.05) is 49.4 Å². The molecule has 1 heterocycles. The number of hydrogen-bond donors (Lipinski definition) is 2. The molecule has 1 fully saturated rings. The van der Waals surface area contributed by atoms with Crippen LogP contribution in [0.3, 0.4) is 0 Å². The number of ether oxygens (including phenoxy) is 1. The molecule has 7 nitrogen and oxygen atoms in total. The van der Waals surface area contributed by atoms with Gasteiger partial charge in [0, 0.05) is 6.04 Å². The summed E-state index contributed by atoms with van der Waals surface area (Å²) in [7, 11) is 1.56. The monoisotopic (exact) mass is 423 g/mol. The van der Waals surface area contributed by atoms with Gasteiger partial charge in [0.15, 0.2) is 0 Å². The predicted molar refractivity (Wildman–Crippen MR) is 118 cm³/mol. The van der Waals surface area contributed by atoms with E-state index in [1.165, 1.54) is 5.56 Å². The highest BCUT2D eigenvalue weighted by Crippen LogP contribution is 2.33. The van der Waals surface area contributed by atoms with E-state index in [1.807, 2.05) is 44.2 Å². The molecule has 1 aliphatic heterocycles. The molecule has 0 bridgehead atoms. The minimum atomic E-state index is -1.18. The van der Waals surface area contributed by atoms with E-state index in [0.29, 0.717) is 17.7 Å². The molecular formula is C24H29N3O4. The smallest absolute Gasteiger partial charge is 0.325 e. The first kappa shape index (κ1) is 22.3. The molecular weight excluding hydrogens is 394 g/mol. The van der Waals surface area contributed by atoms with E-state index in [4.69, 9.17) is 4.74 Å². The molecule has 2 aromatic carbocycles. The number of nitrogens with zero attached hydrogens (tertiary/aromatic N) is 1. The third kappa shape index (κ3) is 4.87. The summed E-state index contributed by atoms with van der Waals surface area (Å²) in [5, 5.41) is 5.68. The number of nitrogens with one attached hydrogen (secondary N) is 2. The van der Waals surface area contributed by atoms with Crippen molar-refractivity contribution in [3.63, 3.8) is 0 Å². The van der Waals surface area contributed by atoms with Crippen LogP contribution in [0.4, 0.5) is 4.79 Å². The van der Waals surface area contributed by atoms with E-state index < -0.39 is 17.5 Å². The van der Waals surface area contributed by atoms with Crippen LogP contribution in [0, 0.1) is 0 Å². The summed E-state index contributed by atoms with van der Waals surface area (Å²) < 4.78 is 5.17. The van der Waals surface area contributed by atoms with Gasteiger partial charge < -0.3 is 15.4 Å². The third-order valence-corrected chi connectivity index (χ3v) is 5.71. The van der Waals surface area contributed by atoms with Crippen LogP contribution in [-0.4, -0.2) is 42.4 Å². The Bertz CT molecular complexity index is 930. The molecule has 0 aromatic heterocycles. The van der Waals surface area contributed by atoms with E-state index in [1.54, 1.807) is 31.4 Å². The zero-order valence-corrected chi connectivity index (χ0v) is 18.2. The SMILES string of the molecule is CC[C@]1(c2ccc(OC)cc2)NC(=O)N(CC(=O)N[C@H](C)CCc2ccccc2)C1=O. The Morgan fingerprint density at radius 3 is 2.42 bits per heavy atom. The number of aryl methyl sites for hydroxylation is 1. The van der Waals surface area contributed by atoms with Crippen LogP contribution in [0.25, 0.3) is 0 Å². The van der Waals surface area contributed by atoms with Crippen LogP contribution >= 0.6 is 0 Å². The topological polar surface area (TPSA) is 87.7 Å². The van der Waals surface area contributed by atoms with Crippen molar-refractivity contribution in [2.75, 3.05) is 13.7 Å². The first-order valence-electron chi connectivity index (χ1n) is 10.5. The molecule has 0 unspecified atom stereocenters. The molecule has 1 saturated heterocycles. The Balaban J connectivity index is 1.62. The van der Waals surface area contributed by atoms with Crippen molar-refractivity contribution >= 4 is 17.8 Å². The molecule has 0 radical (unpaired) electrons. The fourth-order valence-electron chi connectivity index (χ4n) is 3.85. The molecule has 2 aromatic rings. The number of imide groups is 1. The van der Waals surface area contributed by atoms with Gasteiger partial charge in [-0.2, -0.15) is 0 Å². The fraction of sp³-hybridized carbons (Fsp3) is 0.375. The number of carbonyl (C=O) groups is 3. The predicted octanol–water partition coefficient (Wildman–Crippen LogP) is 2.99. The summed E-state index contributed by atoms with van der Waals surface area (Å²) in [6.45, 7) is 3.44. The highest BCUT2D eigenvalue weighted by molar-refractivity contribution is 6.09. The van der Waals surface area contributed by atoms with Crippen molar-refractivity contribution in [1.29, 1.82) is 0 Å². The van der Waals surface area contributed by atoms with Crippen LogP contribution in [-0.2, 0) is 21.5 Å². The van der Waals surface area contributed by atoms with Crippen LogP contribution in [0.5, 0.6) is 5.75 Å². The number of urea groups is 1. The second kappa shape index (κ2) is 9.64. The number of carbonyl (C=O) groups excluding carboxylic acids is 3. The Morgan fingerprint density at radius 2 is 1.81 bits per heavy atom. The summed E-state index contributed by atoms with van der Waals surface area (Å²) >= 11 is 0. The number of benzene rings is 2.